The second-order valence-electron chi connectivity index (χ2n) is 4.44. The number of hydrogen-bond acceptors (Lipinski definition) is 2. The summed E-state index contributed by atoms with van der Waals surface area (Å²) in [5, 5.41) is 2.81. The smallest absolute Gasteiger partial charge is 0.248 e. The number of amides is 1. The standard InChI is InChI=1S/C18H16FNOS/c1-2-13-22-17-10-6-5-9-16(17)20-18(21)12-11-14-7-3-4-8-15(14)19/h2-12H,1,13H2,(H,20,21)/b12-11+. The Balaban J connectivity index is 2.06. The van der Waals surface area contributed by atoms with E-state index in [0.29, 0.717) is 5.56 Å². The first-order valence-electron chi connectivity index (χ1n) is 6.77. The Morgan fingerprint density at radius 2 is 1.91 bits per heavy atom. The number of halogens is 1. The molecule has 22 heavy (non-hydrogen) atoms. The zero-order valence-electron chi connectivity index (χ0n) is 12.0. The Hall–Kier alpha value is -2.33. The Bertz CT molecular complexity index is 697. The lowest BCUT2D eigenvalue weighted by Gasteiger charge is -2.08. The van der Waals surface area contributed by atoms with Gasteiger partial charge in [0.25, 0.3) is 0 Å². The van der Waals surface area contributed by atoms with Gasteiger partial charge < -0.3 is 5.32 Å². The van der Waals surface area contributed by atoms with E-state index >= 15 is 0 Å². The first kappa shape index (κ1) is 16.0. The van der Waals surface area contributed by atoms with E-state index in [0.717, 1.165) is 16.3 Å². The highest BCUT2D eigenvalue weighted by Crippen LogP contribution is 2.26. The van der Waals surface area contributed by atoms with Crippen molar-refractivity contribution in [1.82, 2.24) is 0 Å². The van der Waals surface area contributed by atoms with E-state index in [4.69, 9.17) is 0 Å². The van der Waals surface area contributed by atoms with Crippen molar-refractivity contribution in [3.8, 4) is 0 Å². The summed E-state index contributed by atoms with van der Waals surface area (Å²) >= 11 is 1.59. The van der Waals surface area contributed by atoms with Gasteiger partial charge in [-0.3, -0.25) is 4.79 Å². The summed E-state index contributed by atoms with van der Waals surface area (Å²) in [5.41, 5.74) is 1.12. The van der Waals surface area contributed by atoms with Crippen LogP contribution in [0.4, 0.5) is 10.1 Å². The van der Waals surface area contributed by atoms with Gasteiger partial charge in [0.15, 0.2) is 0 Å². The van der Waals surface area contributed by atoms with Crippen LogP contribution in [0.25, 0.3) is 6.08 Å². The average Bonchev–Trinajstić information content (AvgIpc) is 2.53. The fourth-order valence-electron chi connectivity index (χ4n) is 1.79. The number of thioether (sulfide) groups is 1. The minimum absolute atomic E-state index is 0.296. The Morgan fingerprint density at radius 3 is 2.68 bits per heavy atom. The molecule has 2 aromatic carbocycles. The molecule has 1 N–H and O–H groups in total. The predicted molar refractivity (Wildman–Crippen MR) is 91.4 cm³/mol. The summed E-state index contributed by atoms with van der Waals surface area (Å²) in [5.74, 6) is 0.112. The molecule has 0 spiro atoms. The maximum Gasteiger partial charge on any atom is 0.248 e. The monoisotopic (exact) mass is 313 g/mol. The largest absolute Gasteiger partial charge is 0.321 e. The average molecular weight is 313 g/mol. The molecule has 0 saturated heterocycles. The van der Waals surface area contributed by atoms with E-state index in [2.05, 4.69) is 11.9 Å². The molecule has 0 aliphatic carbocycles. The first-order valence-corrected chi connectivity index (χ1v) is 7.75. The molecule has 0 aliphatic heterocycles. The highest BCUT2D eigenvalue weighted by Gasteiger charge is 2.04. The second kappa shape index (κ2) is 8.20. The molecular weight excluding hydrogens is 297 g/mol. The quantitative estimate of drug-likeness (QED) is 0.473. The lowest BCUT2D eigenvalue weighted by molar-refractivity contribution is -0.111. The van der Waals surface area contributed by atoms with Crippen LogP contribution in [0.2, 0.25) is 0 Å². The van der Waals surface area contributed by atoms with Crippen molar-refractivity contribution >= 4 is 29.4 Å². The van der Waals surface area contributed by atoms with Crippen molar-refractivity contribution in [3.05, 3.63) is 78.6 Å². The summed E-state index contributed by atoms with van der Waals surface area (Å²) in [6.45, 7) is 3.68. The molecule has 4 heteroatoms. The van der Waals surface area contributed by atoms with Crippen molar-refractivity contribution < 1.29 is 9.18 Å². The lowest BCUT2D eigenvalue weighted by atomic mass is 10.2. The van der Waals surface area contributed by atoms with Gasteiger partial charge in [-0.2, -0.15) is 0 Å². The van der Waals surface area contributed by atoms with E-state index < -0.39 is 0 Å². The predicted octanol–water partition coefficient (Wildman–Crippen LogP) is 4.76. The molecule has 0 unspecified atom stereocenters. The number of carbonyl (C=O) groups is 1. The number of rotatable bonds is 6. The van der Waals surface area contributed by atoms with Gasteiger partial charge in [0.2, 0.25) is 5.91 Å². The van der Waals surface area contributed by atoms with Crippen LogP contribution < -0.4 is 5.32 Å². The molecule has 112 valence electrons. The fourth-order valence-corrected chi connectivity index (χ4v) is 2.54. The molecule has 0 fully saturated rings. The number of carbonyl (C=O) groups excluding carboxylic acids is 1. The Morgan fingerprint density at radius 1 is 1.18 bits per heavy atom. The molecular formula is C18H16FNOS. The third kappa shape index (κ3) is 4.60. The van der Waals surface area contributed by atoms with E-state index in [1.54, 1.807) is 36.0 Å². The van der Waals surface area contributed by atoms with Crippen LogP contribution in [0.15, 0.2) is 72.2 Å². The van der Waals surface area contributed by atoms with Crippen LogP contribution in [0.5, 0.6) is 0 Å². The van der Waals surface area contributed by atoms with Gasteiger partial charge in [-0.25, -0.2) is 4.39 Å². The second-order valence-corrected chi connectivity index (χ2v) is 5.50. The van der Waals surface area contributed by atoms with Gasteiger partial charge in [0, 0.05) is 22.3 Å². The lowest BCUT2D eigenvalue weighted by Crippen LogP contribution is -2.08. The molecule has 0 aromatic heterocycles. The van der Waals surface area contributed by atoms with Crippen LogP contribution in [0.1, 0.15) is 5.56 Å². The Kier molecular flexibility index (Phi) is 5.98. The third-order valence-corrected chi connectivity index (χ3v) is 3.89. The third-order valence-electron chi connectivity index (χ3n) is 2.82. The molecule has 1 amide bonds. The normalized spacial score (nSPS) is 10.6. The number of para-hydroxylation sites is 1. The van der Waals surface area contributed by atoms with Gasteiger partial charge in [-0.15, -0.1) is 18.3 Å². The summed E-state index contributed by atoms with van der Waals surface area (Å²) in [6.07, 6.45) is 4.60. The van der Waals surface area contributed by atoms with Crippen molar-refractivity contribution in [2.24, 2.45) is 0 Å². The summed E-state index contributed by atoms with van der Waals surface area (Å²) < 4.78 is 13.5. The maximum atomic E-state index is 13.5. The molecule has 0 atom stereocenters. The minimum Gasteiger partial charge on any atom is -0.321 e. The van der Waals surface area contributed by atoms with Gasteiger partial charge in [-0.05, 0) is 24.3 Å². The van der Waals surface area contributed by atoms with Crippen LogP contribution in [0.3, 0.4) is 0 Å². The highest BCUT2D eigenvalue weighted by atomic mass is 32.2. The first-order chi connectivity index (χ1) is 10.7. The van der Waals surface area contributed by atoms with Crippen LogP contribution in [-0.4, -0.2) is 11.7 Å². The zero-order valence-corrected chi connectivity index (χ0v) is 12.8. The van der Waals surface area contributed by atoms with Gasteiger partial charge in [0.1, 0.15) is 5.82 Å². The van der Waals surface area contributed by atoms with Crippen LogP contribution in [0, 0.1) is 5.82 Å². The van der Waals surface area contributed by atoms with E-state index in [1.807, 2.05) is 24.3 Å². The number of anilines is 1. The van der Waals surface area contributed by atoms with Crippen molar-refractivity contribution in [2.45, 2.75) is 4.90 Å². The molecule has 2 nitrogen and oxygen atoms in total. The van der Waals surface area contributed by atoms with Crippen molar-refractivity contribution in [3.63, 3.8) is 0 Å². The molecule has 0 heterocycles. The molecule has 0 radical (unpaired) electrons. The minimum atomic E-state index is -0.353. The highest BCUT2D eigenvalue weighted by molar-refractivity contribution is 7.99. The summed E-state index contributed by atoms with van der Waals surface area (Å²) in [4.78, 5) is 12.9. The van der Waals surface area contributed by atoms with E-state index in [9.17, 15) is 9.18 Å². The number of hydrogen-bond donors (Lipinski definition) is 1. The van der Waals surface area contributed by atoms with Gasteiger partial charge >= 0.3 is 0 Å². The SMILES string of the molecule is C=CCSc1ccccc1NC(=O)/C=C/c1ccccc1F. The summed E-state index contributed by atoms with van der Waals surface area (Å²) in [7, 11) is 0. The molecule has 2 rings (SSSR count). The molecule has 2 aromatic rings. The molecule has 0 aliphatic rings. The van der Waals surface area contributed by atoms with Crippen LogP contribution >= 0.6 is 11.8 Å². The van der Waals surface area contributed by atoms with Gasteiger partial charge in [-0.1, -0.05) is 36.4 Å². The van der Waals surface area contributed by atoms with Crippen molar-refractivity contribution in [1.29, 1.82) is 0 Å². The van der Waals surface area contributed by atoms with E-state index in [-0.39, 0.29) is 11.7 Å². The van der Waals surface area contributed by atoms with Crippen molar-refractivity contribution in [2.75, 3.05) is 11.1 Å². The number of benzene rings is 2. The number of nitrogens with one attached hydrogen (secondary N) is 1. The van der Waals surface area contributed by atoms with E-state index in [1.165, 1.54) is 18.2 Å². The van der Waals surface area contributed by atoms with Crippen LogP contribution in [-0.2, 0) is 4.79 Å². The van der Waals surface area contributed by atoms with Gasteiger partial charge in [0.05, 0.1) is 5.69 Å². The maximum absolute atomic E-state index is 13.5. The fraction of sp³-hybridized carbons (Fsp3) is 0.0556. The topological polar surface area (TPSA) is 29.1 Å². The molecule has 0 bridgehead atoms. The summed E-state index contributed by atoms with van der Waals surface area (Å²) in [6, 6.07) is 13.8. The zero-order chi connectivity index (χ0) is 15.8. The molecule has 0 saturated carbocycles. The Labute approximate surface area is 133 Å².